The Kier molecular flexibility index (Phi) is 5.44. The molecule has 2 aliphatic heterocycles. The van der Waals surface area contributed by atoms with Crippen molar-refractivity contribution in [3.05, 3.63) is 58.3 Å². The molecule has 2 atom stereocenters. The minimum Gasteiger partial charge on any atom is -0.494 e. The summed E-state index contributed by atoms with van der Waals surface area (Å²) in [6.45, 7) is 0.268. The van der Waals surface area contributed by atoms with E-state index >= 15 is 0 Å². The van der Waals surface area contributed by atoms with Crippen molar-refractivity contribution in [2.45, 2.75) is 24.8 Å². The predicted octanol–water partition coefficient (Wildman–Crippen LogP) is 3.76. The van der Waals surface area contributed by atoms with Crippen molar-refractivity contribution >= 4 is 17.5 Å². The van der Waals surface area contributed by atoms with Crippen LogP contribution in [-0.2, 0) is 17.5 Å². The second kappa shape index (κ2) is 8.20. The number of aromatic nitrogens is 4. The maximum Gasteiger partial charge on any atom is 0.417 e. The number of hydrogen-bond donors (Lipinski definition) is 0. The topological polar surface area (TPSA) is 82.4 Å². The van der Waals surface area contributed by atoms with Crippen LogP contribution in [0.15, 0.2) is 30.5 Å². The van der Waals surface area contributed by atoms with Crippen LogP contribution in [0.1, 0.15) is 27.8 Å². The van der Waals surface area contributed by atoms with Gasteiger partial charge in [-0.25, -0.2) is 9.37 Å². The Morgan fingerprint density at radius 3 is 2.76 bits per heavy atom. The summed E-state index contributed by atoms with van der Waals surface area (Å²) < 4.78 is 67.0. The lowest BCUT2D eigenvalue weighted by atomic mass is 10.0. The number of morpholine rings is 1. The van der Waals surface area contributed by atoms with Gasteiger partial charge >= 0.3 is 6.18 Å². The van der Waals surface area contributed by atoms with Gasteiger partial charge in [-0.15, -0.1) is 10.2 Å². The molecule has 1 fully saturated rings. The number of carbonyl (C=O) groups is 1. The molecule has 1 unspecified atom stereocenters. The van der Waals surface area contributed by atoms with Crippen molar-refractivity contribution in [1.82, 2.24) is 24.6 Å². The van der Waals surface area contributed by atoms with Gasteiger partial charge in [0.15, 0.2) is 23.2 Å². The summed E-state index contributed by atoms with van der Waals surface area (Å²) >= 11 is 6.00. The van der Waals surface area contributed by atoms with E-state index in [2.05, 4.69) is 15.2 Å². The smallest absolute Gasteiger partial charge is 0.417 e. The van der Waals surface area contributed by atoms with E-state index in [1.54, 1.807) is 4.57 Å². The van der Waals surface area contributed by atoms with E-state index in [-0.39, 0.29) is 42.6 Å². The molecule has 0 radical (unpaired) electrons. The number of hydrogen-bond acceptors (Lipinski definition) is 6. The molecule has 34 heavy (non-hydrogen) atoms. The number of ether oxygens (including phenoxy) is 2. The summed E-state index contributed by atoms with van der Waals surface area (Å²) in [6, 6.07) is 3.23. The molecule has 0 N–H and O–H groups in total. The molecule has 1 saturated heterocycles. The fourth-order valence-corrected chi connectivity index (χ4v) is 4.61. The SMILES string of the molecule is COc1ccnc(-c2nnc3n2CC2COC[C@H]3N2C(=O)c2cccc(C(F)(F)F)c2Cl)c1F. The fraction of sp³-hybridized carbons (Fsp3) is 0.333. The van der Waals surface area contributed by atoms with Gasteiger partial charge in [0.05, 0.1) is 42.5 Å². The number of amides is 1. The van der Waals surface area contributed by atoms with Gasteiger partial charge in [0.2, 0.25) is 0 Å². The van der Waals surface area contributed by atoms with Crippen molar-refractivity contribution in [1.29, 1.82) is 0 Å². The summed E-state index contributed by atoms with van der Waals surface area (Å²) in [5.41, 5.74) is -1.44. The van der Waals surface area contributed by atoms with Crippen LogP contribution in [0.25, 0.3) is 11.5 Å². The molecule has 2 aromatic heterocycles. The minimum atomic E-state index is -4.71. The Morgan fingerprint density at radius 2 is 2.03 bits per heavy atom. The van der Waals surface area contributed by atoms with E-state index in [9.17, 15) is 22.4 Å². The summed E-state index contributed by atoms with van der Waals surface area (Å²) in [7, 11) is 1.33. The van der Waals surface area contributed by atoms with Crippen LogP contribution >= 0.6 is 11.6 Å². The van der Waals surface area contributed by atoms with E-state index in [1.807, 2.05) is 0 Å². The third-order valence-electron chi connectivity index (χ3n) is 5.84. The summed E-state index contributed by atoms with van der Waals surface area (Å²) in [4.78, 5) is 18.9. The van der Waals surface area contributed by atoms with Crippen molar-refractivity contribution in [2.24, 2.45) is 0 Å². The Balaban J connectivity index is 1.55. The highest BCUT2D eigenvalue weighted by molar-refractivity contribution is 6.34. The van der Waals surface area contributed by atoms with Crippen LogP contribution in [0, 0.1) is 5.82 Å². The first-order valence-electron chi connectivity index (χ1n) is 10.1. The molecule has 0 aliphatic carbocycles. The van der Waals surface area contributed by atoms with E-state index in [4.69, 9.17) is 21.1 Å². The Hall–Kier alpha value is -3.25. The first-order chi connectivity index (χ1) is 16.2. The van der Waals surface area contributed by atoms with Crippen LogP contribution in [0.3, 0.4) is 0 Å². The second-order valence-electron chi connectivity index (χ2n) is 7.75. The number of rotatable bonds is 3. The first-order valence-corrected chi connectivity index (χ1v) is 10.5. The molecule has 4 heterocycles. The average molecular weight is 498 g/mol. The zero-order valence-corrected chi connectivity index (χ0v) is 18.3. The normalized spacial score (nSPS) is 19.6. The highest BCUT2D eigenvalue weighted by Gasteiger charge is 2.45. The number of fused-ring (bicyclic) bond motifs is 4. The number of benzene rings is 1. The van der Waals surface area contributed by atoms with Gasteiger partial charge in [-0.2, -0.15) is 13.2 Å². The molecule has 1 aromatic carbocycles. The van der Waals surface area contributed by atoms with Crippen LogP contribution in [0.4, 0.5) is 17.6 Å². The zero-order valence-electron chi connectivity index (χ0n) is 17.5. The van der Waals surface area contributed by atoms with Gasteiger partial charge in [-0.05, 0) is 12.1 Å². The molecule has 5 rings (SSSR count). The third kappa shape index (κ3) is 3.48. The Bertz CT molecular complexity index is 1280. The molecular formula is C21H16ClF4N5O3. The van der Waals surface area contributed by atoms with Crippen molar-refractivity contribution in [3.8, 4) is 17.3 Å². The molecule has 8 nitrogen and oxygen atoms in total. The van der Waals surface area contributed by atoms with Crippen molar-refractivity contribution in [3.63, 3.8) is 0 Å². The molecule has 1 amide bonds. The third-order valence-corrected chi connectivity index (χ3v) is 6.25. The highest BCUT2D eigenvalue weighted by atomic mass is 35.5. The van der Waals surface area contributed by atoms with Crippen molar-refractivity contribution < 1.29 is 31.8 Å². The standard InChI is InChI=1S/C21H16ClF4N5O3/c1-33-14-5-6-27-17(16(14)23)19-29-28-18-13-9-34-8-10(7-30(18)19)31(13)20(32)11-3-2-4-12(15(11)22)21(24,25)26/h2-6,10,13H,7-9H2,1H3/t10?,13-/m1/s1. The highest BCUT2D eigenvalue weighted by Crippen LogP contribution is 2.40. The fourth-order valence-electron chi connectivity index (χ4n) is 4.30. The number of carbonyl (C=O) groups excluding carboxylic acids is 1. The van der Waals surface area contributed by atoms with Gasteiger partial charge < -0.3 is 18.9 Å². The Labute approximate surface area is 195 Å². The largest absolute Gasteiger partial charge is 0.494 e. The predicted molar refractivity (Wildman–Crippen MR) is 110 cm³/mol. The van der Waals surface area contributed by atoms with E-state index in [0.29, 0.717) is 5.82 Å². The van der Waals surface area contributed by atoms with E-state index in [1.165, 1.54) is 30.3 Å². The molecule has 0 spiro atoms. The molecule has 2 aliphatic rings. The molecule has 13 heteroatoms. The first kappa shape index (κ1) is 22.5. The molecular weight excluding hydrogens is 482 g/mol. The van der Waals surface area contributed by atoms with Gasteiger partial charge in [-0.1, -0.05) is 17.7 Å². The molecule has 3 aromatic rings. The lowest BCUT2D eigenvalue weighted by molar-refractivity contribution is -0.137. The monoisotopic (exact) mass is 497 g/mol. The number of methoxy groups -OCH3 is 1. The molecule has 178 valence electrons. The lowest BCUT2D eigenvalue weighted by Gasteiger charge is -2.45. The van der Waals surface area contributed by atoms with Gasteiger partial charge in [0.1, 0.15) is 11.7 Å². The number of pyridine rings is 1. The van der Waals surface area contributed by atoms with Crippen LogP contribution in [0.2, 0.25) is 5.02 Å². The maximum absolute atomic E-state index is 14.8. The Morgan fingerprint density at radius 1 is 1.24 bits per heavy atom. The van der Waals surface area contributed by atoms with Gasteiger partial charge in [0.25, 0.3) is 5.91 Å². The van der Waals surface area contributed by atoms with E-state index < -0.39 is 40.6 Å². The maximum atomic E-state index is 14.8. The average Bonchev–Trinajstić information content (AvgIpc) is 3.21. The van der Waals surface area contributed by atoms with Crippen molar-refractivity contribution in [2.75, 3.05) is 20.3 Å². The quantitative estimate of drug-likeness (QED) is 0.513. The van der Waals surface area contributed by atoms with Gasteiger partial charge in [-0.3, -0.25) is 4.79 Å². The van der Waals surface area contributed by atoms with Crippen LogP contribution in [0.5, 0.6) is 5.75 Å². The zero-order chi connectivity index (χ0) is 24.2. The molecule has 0 saturated carbocycles. The summed E-state index contributed by atoms with van der Waals surface area (Å²) in [5, 5.41) is 7.54. The summed E-state index contributed by atoms with van der Waals surface area (Å²) in [5.74, 6) is -0.969. The number of alkyl halides is 3. The molecule has 2 bridgehead atoms. The van der Waals surface area contributed by atoms with Gasteiger partial charge in [0, 0.05) is 18.8 Å². The second-order valence-corrected chi connectivity index (χ2v) is 8.13. The van der Waals surface area contributed by atoms with Crippen LogP contribution in [-0.4, -0.2) is 56.9 Å². The number of halogens is 5. The summed E-state index contributed by atoms with van der Waals surface area (Å²) in [6.07, 6.45) is -3.34. The van der Waals surface area contributed by atoms with Crippen LogP contribution < -0.4 is 4.74 Å². The number of nitrogens with zero attached hydrogens (tertiary/aromatic N) is 5. The minimum absolute atomic E-state index is 0.0160. The van der Waals surface area contributed by atoms with E-state index in [0.717, 1.165) is 12.1 Å². The lowest BCUT2D eigenvalue weighted by Crippen LogP contribution is -2.56.